The maximum atomic E-state index is 10.5. The third kappa shape index (κ3) is 38.8. The summed E-state index contributed by atoms with van der Waals surface area (Å²) in [4.78, 5) is 10.5. The van der Waals surface area contributed by atoms with Crippen molar-refractivity contribution in [3.05, 3.63) is 0 Å². The van der Waals surface area contributed by atoms with Crippen LogP contribution in [0.5, 0.6) is 0 Å². The third-order valence-electron chi connectivity index (χ3n) is 3.53. The highest BCUT2D eigenvalue weighted by Crippen LogP contribution is 2.12. The first kappa shape index (κ1) is 24.6. The maximum absolute atomic E-state index is 10.5. The van der Waals surface area contributed by atoms with Crippen molar-refractivity contribution in [2.24, 2.45) is 5.73 Å². The van der Waals surface area contributed by atoms with E-state index in [1.807, 2.05) is 0 Å². The van der Waals surface area contributed by atoms with Gasteiger partial charge < -0.3 is 5.73 Å². The molecule has 0 saturated carbocycles. The Hall–Kier alpha value is -0.620. The molecular weight excluding hydrogens is 314 g/mol. The average Bonchev–Trinajstić information content (AvgIpc) is 2.42. The molecule has 5 nitrogen and oxygen atoms in total. The molecule has 0 aliphatic heterocycles. The van der Waals surface area contributed by atoms with Crippen LogP contribution in [0.1, 0.15) is 96.8 Å². The Labute approximate surface area is 143 Å². The van der Waals surface area contributed by atoms with Gasteiger partial charge in [0.2, 0.25) is 5.91 Å². The second kappa shape index (κ2) is 17.7. The molecule has 0 aromatic rings. The van der Waals surface area contributed by atoms with E-state index in [0.29, 0.717) is 12.7 Å². The predicted octanol–water partition coefficient (Wildman–Crippen LogP) is 4.46. The largest absolute Gasteiger partial charge is 0.370 e. The van der Waals surface area contributed by atoms with Crippen LogP contribution in [0.3, 0.4) is 0 Å². The molecule has 0 fully saturated rings. The molecule has 0 spiro atoms. The molecule has 0 rings (SSSR count). The first-order valence-corrected chi connectivity index (χ1v) is 10.8. The van der Waals surface area contributed by atoms with Crippen LogP contribution in [0.25, 0.3) is 0 Å². The first-order chi connectivity index (χ1) is 10.8. The van der Waals surface area contributed by atoms with Gasteiger partial charge in [-0.1, -0.05) is 84.0 Å². The summed E-state index contributed by atoms with van der Waals surface area (Å²) in [5.74, 6) is -0.155. The standard InChI is InChI=1S/C16H33NO.CH4O3S/c1-2-3-4-5-6-7-8-9-10-11-12-13-14-15-16(17)18;1-5(2,3)4/h2-15H2,1H3,(H2,17,18);1H3,(H,2,3,4). The van der Waals surface area contributed by atoms with Gasteiger partial charge in [0.1, 0.15) is 0 Å². The molecule has 0 aromatic heterocycles. The smallest absolute Gasteiger partial charge is 0.261 e. The third-order valence-corrected chi connectivity index (χ3v) is 3.53. The van der Waals surface area contributed by atoms with Crippen LogP contribution >= 0.6 is 0 Å². The molecule has 6 heteroatoms. The van der Waals surface area contributed by atoms with Crippen LogP contribution in [0.4, 0.5) is 0 Å². The van der Waals surface area contributed by atoms with Crippen molar-refractivity contribution in [3.8, 4) is 0 Å². The molecule has 0 saturated heterocycles. The summed E-state index contributed by atoms with van der Waals surface area (Å²) in [6.07, 6.45) is 18.7. The van der Waals surface area contributed by atoms with E-state index < -0.39 is 10.1 Å². The summed E-state index contributed by atoms with van der Waals surface area (Å²) in [5.41, 5.74) is 5.09. The number of nitrogens with two attached hydrogens (primary N) is 1. The normalized spacial score (nSPS) is 10.9. The van der Waals surface area contributed by atoms with Crippen LogP contribution < -0.4 is 5.73 Å². The second-order valence-electron chi connectivity index (χ2n) is 6.19. The van der Waals surface area contributed by atoms with Gasteiger partial charge in [0.05, 0.1) is 6.26 Å². The molecule has 23 heavy (non-hydrogen) atoms. The van der Waals surface area contributed by atoms with Crippen LogP contribution in [0.2, 0.25) is 0 Å². The lowest BCUT2D eigenvalue weighted by Crippen LogP contribution is -2.09. The second-order valence-corrected chi connectivity index (χ2v) is 7.66. The van der Waals surface area contributed by atoms with Crippen molar-refractivity contribution < 1.29 is 17.8 Å². The van der Waals surface area contributed by atoms with Crippen molar-refractivity contribution in [1.82, 2.24) is 0 Å². The maximum Gasteiger partial charge on any atom is 0.261 e. The van der Waals surface area contributed by atoms with Gasteiger partial charge >= 0.3 is 0 Å². The zero-order valence-corrected chi connectivity index (χ0v) is 15.9. The molecule has 0 bridgehead atoms. The molecule has 0 aliphatic carbocycles. The Kier molecular flexibility index (Phi) is 19.0. The molecule has 1 amide bonds. The SMILES string of the molecule is CCCCCCCCCCCCCCCC(N)=O.CS(=O)(=O)O. The zero-order valence-electron chi connectivity index (χ0n) is 15.1. The Morgan fingerprint density at radius 3 is 1.30 bits per heavy atom. The molecule has 140 valence electrons. The highest BCUT2D eigenvalue weighted by molar-refractivity contribution is 7.85. The lowest BCUT2D eigenvalue weighted by Gasteiger charge is -2.02. The molecule has 3 N–H and O–H groups in total. The Bertz CT molecular complexity index is 348. The number of amides is 1. The van der Waals surface area contributed by atoms with E-state index in [4.69, 9.17) is 10.3 Å². The molecule has 0 aromatic carbocycles. The van der Waals surface area contributed by atoms with Gasteiger partial charge in [-0.05, 0) is 6.42 Å². The Morgan fingerprint density at radius 2 is 1.04 bits per heavy atom. The van der Waals surface area contributed by atoms with Crippen LogP contribution in [-0.4, -0.2) is 25.1 Å². The van der Waals surface area contributed by atoms with Gasteiger partial charge in [0.15, 0.2) is 0 Å². The van der Waals surface area contributed by atoms with Crippen molar-refractivity contribution in [1.29, 1.82) is 0 Å². The Balaban J connectivity index is 0. The van der Waals surface area contributed by atoms with Crippen molar-refractivity contribution in [2.45, 2.75) is 96.8 Å². The summed E-state index contributed by atoms with van der Waals surface area (Å²) in [5, 5.41) is 0. The van der Waals surface area contributed by atoms with E-state index in [1.54, 1.807) is 0 Å². The van der Waals surface area contributed by atoms with Crippen LogP contribution in [0, 0.1) is 0 Å². The van der Waals surface area contributed by atoms with E-state index in [-0.39, 0.29) is 5.91 Å². The summed E-state index contributed by atoms with van der Waals surface area (Å²) in [6.45, 7) is 2.27. The van der Waals surface area contributed by atoms with E-state index in [0.717, 1.165) is 6.42 Å². The van der Waals surface area contributed by atoms with Gasteiger partial charge in [0, 0.05) is 6.42 Å². The van der Waals surface area contributed by atoms with E-state index in [1.165, 1.54) is 77.0 Å². The molecule has 0 unspecified atom stereocenters. The molecule has 0 radical (unpaired) electrons. The minimum Gasteiger partial charge on any atom is -0.370 e. The monoisotopic (exact) mass is 351 g/mol. The number of primary amides is 1. The van der Waals surface area contributed by atoms with Gasteiger partial charge in [-0.25, -0.2) is 0 Å². The van der Waals surface area contributed by atoms with Gasteiger partial charge in [-0.15, -0.1) is 0 Å². The van der Waals surface area contributed by atoms with Crippen molar-refractivity contribution in [3.63, 3.8) is 0 Å². The number of hydrogen-bond donors (Lipinski definition) is 2. The molecule has 0 aliphatic rings. The number of carbonyl (C=O) groups is 1. The fourth-order valence-electron chi connectivity index (χ4n) is 2.32. The number of unbranched alkanes of at least 4 members (excludes halogenated alkanes) is 12. The van der Waals surface area contributed by atoms with E-state index >= 15 is 0 Å². The van der Waals surface area contributed by atoms with Gasteiger partial charge in [0.25, 0.3) is 10.1 Å². The summed E-state index contributed by atoms with van der Waals surface area (Å²) < 4.78 is 25.9. The zero-order chi connectivity index (χ0) is 18.0. The van der Waals surface area contributed by atoms with Crippen molar-refractivity contribution in [2.75, 3.05) is 6.26 Å². The van der Waals surface area contributed by atoms with Crippen LogP contribution in [-0.2, 0) is 14.9 Å². The summed E-state index contributed by atoms with van der Waals surface area (Å²) >= 11 is 0. The summed E-state index contributed by atoms with van der Waals surface area (Å²) in [6, 6.07) is 0. The van der Waals surface area contributed by atoms with Gasteiger partial charge in [-0.2, -0.15) is 8.42 Å². The number of hydrogen-bond acceptors (Lipinski definition) is 3. The van der Waals surface area contributed by atoms with E-state index in [9.17, 15) is 13.2 Å². The lowest BCUT2D eigenvalue weighted by atomic mass is 10.0. The highest BCUT2D eigenvalue weighted by Gasteiger charge is 1.95. The Morgan fingerprint density at radius 1 is 0.783 bits per heavy atom. The fraction of sp³-hybridized carbons (Fsp3) is 0.941. The topological polar surface area (TPSA) is 97.5 Å². The van der Waals surface area contributed by atoms with Crippen LogP contribution in [0.15, 0.2) is 0 Å². The van der Waals surface area contributed by atoms with Gasteiger partial charge in [-0.3, -0.25) is 9.35 Å². The molecular formula is C17H37NO4S. The van der Waals surface area contributed by atoms with E-state index in [2.05, 4.69) is 6.92 Å². The highest BCUT2D eigenvalue weighted by atomic mass is 32.2. The average molecular weight is 352 g/mol. The minimum absolute atomic E-state index is 0.155. The predicted molar refractivity (Wildman–Crippen MR) is 97.0 cm³/mol. The number of carbonyl (C=O) groups excluding carboxylic acids is 1. The molecule has 0 heterocycles. The van der Waals surface area contributed by atoms with Crippen molar-refractivity contribution >= 4 is 16.0 Å². The minimum atomic E-state index is -3.67. The molecule has 0 atom stereocenters. The first-order valence-electron chi connectivity index (χ1n) is 8.98. The fourth-order valence-corrected chi connectivity index (χ4v) is 2.32. The summed E-state index contributed by atoms with van der Waals surface area (Å²) in [7, 11) is -3.67. The number of rotatable bonds is 14. The lowest BCUT2D eigenvalue weighted by molar-refractivity contribution is -0.118. The quantitative estimate of drug-likeness (QED) is 0.356.